The predicted molar refractivity (Wildman–Crippen MR) is 86.0 cm³/mol. The van der Waals surface area contributed by atoms with Gasteiger partial charge in [-0.1, -0.05) is 24.3 Å². The highest BCUT2D eigenvalue weighted by atomic mass is 16.5. The molecule has 0 aliphatic rings. The molecular formula is C18H20O5. The lowest BCUT2D eigenvalue weighted by molar-refractivity contribution is -0.137. The molecule has 0 bridgehead atoms. The number of carboxylic acid groups (broad SMARTS) is 1. The van der Waals surface area contributed by atoms with Gasteiger partial charge in [0.25, 0.3) is 0 Å². The van der Waals surface area contributed by atoms with Crippen molar-refractivity contribution in [1.29, 1.82) is 0 Å². The zero-order chi connectivity index (χ0) is 16.8. The molecule has 23 heavy (non-hydrogen) atoms. The topological polar surface area (TPSA) is 87.0 Å². The molecule has 2 aromatic rings. The van der Waals surface area contributed by atoms with E-state index in [0.717, 1.165) is 11.1 Å². The number of carbonyl (C=O) groups is 1. The Hall–Kier alpha value is -2.53. The fraction of sp³-hybridized carbons (Fsp3) is 0.278. The van der Waals surface area contributed by atoms with Crippen LogP contribution >= 0.6 is 0 Å². The molecule has 0 aromatic heterocycles. The molecule has 0 amide bonds. The van der Waals surface area contributed by atoms with Crippen molar-refractivity contribution in [3.05, 3.63) is 59.2 Å². The molecule has 0 heterocycles. The number of aromatic hydroxyl groups is 1. The Labute approximate surface area is 134 Å². The lowest BCUT2D eigenvalue weighted by Gasteiger charge is -2.18. The molecule has 2 rings (SSSR count). The average molecular weight is 316 g/mol. The Bertz CT molecular complexity index is 664. The highest BCUT2D eigenvalue weighted by molar-refractivity contribution is 5.69. The van der Waals surface area contributed by atoms with Gasteiger partial charge in [0.1, 0.15) is 11.5 Å². The van der Waals surface area contributed by atoms with Crippen LogP contribution in [0.5, 0.6) is 11.5 Å². The summed E-state index contributed by atoms with van der Waals surface area (Å²) in [4.78, 5) is 11.3. The highest BCUT2D eigenvalue weighted by Gasteiger charge is 2.21. The second kappa shape index (κ2) is 7.65. The summed E-state index contributed by atoms with van der Waals surface area (Å²) in [6.45, 7) is -0.00362. The first-order chi connectivity index (χ1) is 11.0. The lowest BCUT2D eigenvalue weighted by atomic mass is 9.86. The third-order valence-corrected chi connectivity index (χ3v) is 3.76. The van der Waals surface area contributed by atoms with Crippen molar-refractivity contribution in [3.63, 3.8) is 0 Å². The van der Waals surface area contributed by atoms with Gasteiger partial charge in [-0.2, -0.15) is 0 Å². The van der Waals surface area contributed by atoms with Gasteiger partial charge in [-0.15, -0.1) is 0 Å². The molecule has 0 radical (unpaired) electrons. The van der Waals surface area contributed by atoms with Gasteiger partial charge in [0.2, 0.25) is 0 Å². The first-order valence-corrected chi connectivity index (χ1v) is 7.33. The highest BCUT2D eigenvalue weighted by Crippen LogP contribution is 2.35. The zero-order valence-electron chi connectivity index (χ0n) is 12.9. The van der Waals surface area contributed by atoms with E-state index in [9.17, 15) is 15.0 Å². The molecular weight excluding hydrogens is 296 g/mol. The Balaban J connectivity index is 2.45. The van der Waals surface area contributed by atoms with E-state index >= 15 is 0 Å². The van der Waals surface area contributed by atoms with Gasteiger partial charge < -0.3 is 20.1 Å². The first kappa shape index (κ1) is 16.8. The van der Waals surface area contributed by atoms with Crippen LogP contribution < -0.4 is 4.74 Å². The summed E-state index contributed by atoms with van der Waals surface area (Å²) in [5.41, 5.74) is 2.18. The van der Waals surface area contributed by atoms with E-state index in [1.54, 1.807) is 49.6 Å². The minimum absolute atomic E-state index is 0.00362. The Morgan fingerprint density at radius 3 is 2.43 bits per heavy atom. The van der Waals surface area contributed by atoms with Crippen LogP contribution in [0.2, 0.25) is 0 Å². The molecule has 5 heteroatoms. The molecule has 5 nitrogen and oxygen atoms in total. The number of ether oxygens (including phenoxy) is 1. The number of methoxy groups -OCH3 is 1. The van der Waals surface area contributed by atoms with Crippen molar-refractivity contribution < 1.29 is 24.9 Å². The smallest absolute Gasteiger partial charge is 0.304 e. The number of aliphatic carboxylic acids is 1. The molecule has 0 saturated heterocycles. The van der Waals surface area contributed by atoms with Crippen molar-refractivity contribution in [3.8, 4) is 11.5 Å². The normalized spacial score (nSPS) is 11.9. The van der Waals surface area contributed by atoms with Crippen LogP contribution in [-0.2, 0) is 11.2 Å². The van der Waals surface area contributed by atoms with Gasteiger partial charge in [0, 0.05) is 18.1 Å². The fourth-order valence-corrected chi connectivity index (χ4v) is 2.59. The van der Waals surface area contributed by atoms with E-state index in [-0.39, 0.29) is 18.8 Å². The Morgan fingerprint density at radius 2 is 1.87 bits per heavy atom. The zero-order valence-corrected chi connectivity index (χ0v) is 12.9. The number of phenolic OH excluding ortho intramolecular Hbond substituents is 1. The molecule has 0 aliphatic heterocycles. The summed E-state index contributed by atoms with van der Waals surface area (Å²) in [6.07, 6.45) is 0.318. The van der Waals surface area contributed by atoms with Crippen molar-refractivity contribution >= 4 is 5.97 Å². The van der Waals surface area contributed by atoms with E-state index in [1.165, 1.54) is 0 Å². The minimum atomic E-state index is -0.947. The van der Waals surface area contributed by atoms with Crippen molar-refractivity contribution in [1.82, 2.24) is 0 Å². The van der Waals surface area contributed by atoms with Gasteiger partial charge in [0.15, 0.2) is 0 Å². The number of hydrogen-bond donors (Lipinski definition) is 3. The Morgan fingerprint density at radius 1 is 1.17 bits per heavy atom. The summed E-state index contributed by atoms with van der Waals surface area (Å²) >= 11 is 0. The lowest BCUT2D eigenvalue weighted by Crippen LogP contribution is -2.09. The maximum absolute atomic E-state index is 11.3. The van der Waals surface area contributed by atoms with Crippen LogP contribution in [0.15, 0.2) is 42.5 Å². The molecule has 1 unspecified atom stereocenters. The van der Waals surface area contributed by atoms with Gasteiger partial charge in [-0.3, -0.25) is 4.79 Å². The van der Waals surface area contributed by atoms with Gasteiger partial charge in [-0.25, -0.2) is 0 Å². The largest absolute Gasteiger partial charge is 0.508 e. The third kappa shape index (κ3) is 4.23. The first-order valence-electron chi connectivity index (χ1n) is 7.33. The summed E-state index contributed by atoms with van der Waals surface area (Å²) in [5, 5.41) is 28.5. The van der Waals surface area contributed by atoms with E-state index in [1.807, 2.05) is 0 Å². The standard InChI is InChI=1S/C18H20O5/c1-23-14-5-3-13(4-6-14)15(11-18(21)22)16-10-12(8-9-19)2-7-17(16)20/h2-7,10,15,19-20H,8-9,11H2,1H3,(H,21,22). The Kier molecular flexibility index (Phi) is 5.60. The summed E-state index contributed by atoms with van der Waals surface area (Å²) < 4.78 is 5.12. The molecule has 1 atom stereocenters. The summed E-state index contributed by atoms with van der Waals surface area (Å²) in [5.74, 6) is -0.690. The monoisotopic (exact) mass is 316 g/mol. The number of aliphatic hydroxyl groups is 1. The van der Waals surface area contributed by atoms with Crippen molar-refractivity contribution in [2.24, 2.45) is 0 Å². The SMILES string of the molecule is COc1ccc(C(CC(=O)O)c2cc(CCO)ccc2O)cc1. The summed E-state index contributed by atoms with van der Waals surface area (Å²) in [6, 6.07) is 12.1. The van der Waals surface area contributed by atoms with Gasteiger partial charge >= 0.3 is 5.97 Å². The maximum atomic E-state index is 11.3. The second-order valence-corrected chi connectivity index (χ2v) is 5.29. The molecule has 0 fully saturated rings. The van der Waals surface area contributed by atoms with Crippen molar-refractivity contribution in [2.75, 3.05) is 13.7 Å². The van der Waals surface area contributed by atoms with Crippen LogP contribution in [0, 0.1) is 0 Å². The number of carboxylic acids is 1. The van der Waals surface area contributed by atoms with Crippen LogP contribution in [0.25, 0.3) is 0 Å². The predicted octanol–water partition coefficient (Wildman–Crippen LogP) is 2.54. The molecule has 0 spiro atoms. The number of rotatable bonds is 7. The number of phenols is 1. The quantitative estimate of drug-likeness (QED) is 0.731. The minimum Gasteiger partial charge on any atom is -0.508 e. The molecule has 2 aromatic carbocycles. The van der Waals surface area contributed by atoms with Gasteiger partial charge in [-0.05, 0) is 35.7 Å². The number of benzene rings is 2. The second-order valence-electron chi connectivity index (χ2n) is 5.29. The van der Waals surface area contributed by atoms with E-state index in [2.05, 4.69) is 0 Å². The molecule has 0 aliphatic carbocycles. The maximum Gasteiger partial charge on any atom is 0.304 e. The number of hydrogen-bond acceptors (Lipinski definition) is 4. The van der Waals surface area contributed by atoms with E-state index < -0.39 is 11.9 Å². The molecule has 0 saturated carbocycles. The van der Waals surface area contributed by atoms with E-state index in [4.69, 9.17) is 9.84 Å². The molecule has 122 valence electrons. The van der Waals surface area contributed by atoms with Crippen LogP contribution in [0.4, 0.5) is 0 Å². The average Bonchev–Trinajstić information content (AvgIpc) is 2.55. The van der Waals surface area contributed by atoms with Gasteiger partial charge in [0.05, 0.1) is 13.5 Å². The van der Waals surface area contributed by atoms with Crippen LogP contribution in [-0.4, -0.2) is 35.0 Å². The summed E-state index contributed by atoms with van der Waals surface area (Å²) in [7, 11) is 1.56. The van der Waals surface area contributed by atoms with Crippen LogP contribution in [0.1, 0.15) is 29.0 Å². The van der Waals surface area contributed by atoms with E-state index in [0.29, 0.717) is 17.7 Å². The third-order valence-electron chi connectivity index (χ3n) is 3.76. The number of aliphatic hydroxyl groups excluding tert-OH is 1. The van der Waals surface area contributed by atoms with Crippen molar-refractivity contribution in [2.45, 2.75) is 18.8 Å². The molecule has 3 N–H and O–H groups in total. The fourth-order valence-electron chi connectivity index (χ4n) is 2.59. The van der Waals surface area contributed by atoms with Crippen LogP contribution in [0.3, 0.4) is 0 Å².